The Balaban J connectivity index is 1.25. The lowest BCUT2D eigenvalue weighted by Gasteiger charge is -2.29. The molecule has 8 heteroatoms. The van der Waals surface area contributed by atoms with E-state index in [1.54, 1.807) is 23.1 Å². The molecule has 3 heterocycles. The van der Waals surface area contributed by atoms with Crippen LogP contribution in [-0.2, 0) is 13.0 Å². The van der Waals surface area contributed by atoms with Crippen molar-refractivity contribution in [3.63, 3.8) is 0 Å². The number of hydrogen-bond acceptors (Lipinski definition) is 4. The monoisotopic (exact) mass is 488 g/mol. The molecule has 3 aromatic rings. The molecule has 178 valence electrons. The van der Waals surface area contributed by atoms with Crippen LogP contribution >= 0.6 is 11.6 Å². The zero-order chi connectivity index (χ0) is 24.1. The van der Waals surface area contributed by atoms with Crippen molar-refractivity contribution in [2.75, 3.05) is 6.54 Å². The second kappa shape index (κ2) is 8.64. The van der Waals surface area contributed by atoms with Gasteiger partial charge in [-0.2, -0.15) is 5.10 Å². The second-order valence-electron chi connectivity index (χ2n) is 9.55. The Morgan fingerprint density at radius 1 is 0.971 bits per heavy atom. The molecule has 2 aromatic carbocycles. The van der Waals surface area contributed by atoms with Crippen molar-refractivity contribution in [3.05, 3.63) is 75.4 Å². The van der Waals surface area contributed by atoms with E-state index in [9.17, 15) is 14.4 Å². The predicted molar refractivity (Wildman–Crippen MR) is 131 cm³/mol. The van der Waals surface area contributed by atoms with Gasteiger partial charge in [0.15, 0.2) is 0 Å². The number of aromatic nitrogens is 2. The summed E-state index contributed by atoms with van der Waals surface area (Å²) in [4.78, 5) is 42.8. The predicted octanol–water partition coefficient (Wildman–Crippen LogP) is 4.86. The Morgan fingerprint density at radius 3 is 2.49 bits per heavy atom. The summed E-state index contributed by atoms with van der Waals surface area (Å²) < 4.78 is 0. The molecule has 1 aliphatic carbocycles. The molecule has 0 spiro atoms. The maximum absolute atomic E-state index is 13.5. The molecule has 2 aliphatic heterocycles. The highest BCUT2D eigenvalue weighted by Gasteiger charge is 2.40. The molecule has 0 saturated heterocycles. The number of imide groups is 1. The highest BCUT2D eigenvalue weighted by atomic mass is 35.5. The zero-order valence-electron chi connectivity index (χ0n) is 19.2. The van der Waals surface area contributed by atoms with E-state index in [4.69, 9.17) is 11.6 Å². The Hall–Kier alpha value is -3.45. The van der Waals surface area contributed by atoms with Crippen molar-refractivity contribution in [3.8, 4) is 11.3 Å². The number of benzene rings is 2. The minimum atomic E-state index is -0.271. The molecular formula is C27H25ClN4O3. The van der Waals surface area contributed by atoms with Gasteiger partial charge in [-0.25, -0.2) is 0 Å². The molecule has 6 rings (SSSR count). The molecule has 1 aromatic heterocycles. The zero-order valence-corrected chi connectivity index (χ0v) is 20.0. The average Bonchev–Trinajstić information content (AvgIpc) is 3.42. The number of halogens is 1. The lowest BCUT2D eigenvalue weighted by Crippen LogP contribution is -2.40. The van der Waals surface area contributed by atoms with Gasteiger partial charge in [-0.05, 0) is 43.2 Å². The van der Waals surface area contributed by atoms with Crippen LogP contribution in [0.1, 0.15) is 74.4 Å². The Kier molecular flexibility index (Phi) is 5.44. The first-order valence-electron chi connectivity index (χ1n) is 12.1. The smallest absolute Gasteiger partial charge is 0.261 e. The second-order valence-corrected chi connectivity index (χ2v) is 9.98. The summed E-state index contributed by atoms with van der Waals surface area (Å²) in [6, 6.07) is 12.3. The van der Waals surface area contributed by atoms with Crippen LogP contribution in [0.15, 0.2) is 42.5 Å². The molecule has 1 saturated carbocycles. The number of rotatable bonds is 3. The third-order valence-electron chi connectivity index (χ3n) is 7.44. The molecule has 1 fully saturated rings. The Labute approximate surface area is 208 Å². The van der Waals surface area contributed by atoms with Crippen LogP contribution in [-0.4, -0.2) is 50.3 Å². The van der Waals surface area contributed by atoms with Gasteiger partial charge in [-0.3, -0.25) is 24.4 Å². The Bertz CT molecular complexity index is 1340. The van der Waals surface area contributed by atoms with E-state index in [2.05, 4.69) is 10.2 Å². The molecule has 3 amide bonds. The van der Waals surface area contributed by atoms with Gasteiger partial charge in [0.25, 0.3) is 17.7 Å². The molecule has 3 aliphatic rings. The van der Waals surface area contributed by atoms with Crippen molar-refractivity contribution in [1.82, 2.24) is 20.0 Å². The molecular weight excluding hydrogens is 464 g/mol. The summed E-state index contributed by atoms with van der Waals surface area (Å²) in [5.41, 5.74) is 4.93. The number of fused-ring (bicyclic) bond motifs is 2. The molecule has 0 atom stereocenters. The van der Waals surface area contributed by atoms with E-state index in [1.807, 2.05) is 24.3 Å². The molecule has 35 heavy (non-hydrogen) atoms. The van der Waals surface area contributed by atoms with Gasteiger partial charge in [-0.15, -0.1) is 0 Å². The third-order valence-corrected chi connectivity index (χ3v) is 7.70. The van der Waals surface area contributed by atoms with Gasteiger partial charge < -0.3 is 4.90 Å². The summed E-state index contributed by atoms with van der Waals surface area (Å²) in [5.74, 6) is -0.657. The maximum Gasteiger partial charge on any atom is 0.261 e. The van der Waals surface area contributed by atoms with E-state index in [-0.39, 0.29) is 23.8 Å². The maximum atomic E-state index is 13.5. The number of amides is 3. The van der Waals surface area contributed by atoms with E-state index in [0.717, 1.165) is 54.6 Å². The largest absolute Gasteiger partial charge is 0.334 e. The number of nitrogens with zero attached hydrogens (tertiary/aromatic N) is 3. The van der Waals surface area contributed by atoms with Crippen LogP contribution < -0.4 is 0 Å². The first kappa shape index (κ1) is 22.0. The number of carbonyl (C=O) groups is 3. The fraction of sp³-hybridized carbons (Fsp3) is 0.333. The van der Waals surface area contributed by atoms with Crippen molar-refractivity contribution >= 4 is 29.3 Å². The van der Waals surface area contributed by atoms with Crippen LogP contribution in [0.3, 0.4) is 0 Å². The molecule has 0 radical (unpaired) electrons. The lowest BCUT2D eigenvalue weighted by atomic mass is 9.94. The summed E-state index contributed by atoms with van der Waals surface area (Å²) in [7, 11) is 0. The molecule has 0 bridgehead atoms. The molecule has 0 unspecified atom stereocenters. The van der Waals surface area contributed by atoms with Gasteiger partial charge in [0, 0.05) is 53.0 Å². The van der Waals surface area contributed by atoms with Crippen molar-refractivity contribution in [2.45, 2.75) is 51.1 Å². The highest BCUT2D eigenvalue weighted by Crippen LogP contribution is 2.33. The van der Waals surface area contributed by atoms with Gasteiger partial charge in [0.05, 0.1) is 16.8 Å². The van der Waals surface area contributed by atoms with Gasteiger partial charge in [0.2, 0.25) is 0 Å². The fourth-order valence-electron chi connectivity index (χ4n) is 5.56. The van der Waals surface area contributed by atoms with E-state index in [1.165, 1.54) is 4.90 Å². The van der Waals surface area contributed by atoms with E-state index in [0.29, 0.717) is 41.2 Å². The number of aromatic amines is 1. The fourth-order valence-corrected chi connectivity index (χ4v) is 5.69. The number of carbonyl (C=O) groups excluding carboxylic acids is 3. The van der Waals surface area contributed by atoms with Crippen LogP contribution in [0.4, 0.5) is 0 Å². The number of hydrogen-bond donors (Lipinski definition) is 1. The number of H-pyrrole nitrogens is 1. The minimum Gasteiger partial charge on any atom is -0.334 e. The lowest BCUT2D eigenvalue weighted by molar-refractivity contribution is 0.0548. The first-order chi connectivity index (χ1) is 17.0. The van der Waals surface area contributed by atoms with Crippen LogP contribution in [0.25, 0.3) is 11.3 Å². The minimum absolute atomic E-state index is 0.0387. The standard InChI is InChI=1S/C27H25ClN4O3/c28-18-9-6-16(7-10-18)24-22-15-31(13-12-23(22)29-30-24)25(33)17-8-11-20-21(14-17)27(35)32(26(20)34)19-4-2-1-3-5-19/h6-11,14,19H,1-5,12-13,15H2,(H,29,30). The molecule has 1 N–H and O–H groups in total. The third kappa shape index (κ3) is 3.74. The molecule has 7 nitrogen and oxygen atoms in total. The van der Waals surface area contributed by atoms with Gasteiger partial charge >= 0.3 is 0 Å². The first-order valence-corrected chi connectivity index (χ1v) is 12.5. The summed E-state index contributed by atoms with van der Waals surface area (Å²) in [5, 5.41) is 8.25. The normalized spacial score (nSPS) is 18.1. The van der Waals surface area contributed by atoms with Crippen molar-refractivity contribution < 1.29 is 14.4 Å². The Morgan fingerprint density at radius 2 is 1.71 bits per heavy atom. The van der Waals surface area contributed by atoms with Crippen LogP contribution in [0, 0.1) is 0 Å². The summed E-state index contributed by atoms with van der Waals surface area (Å²) >= 11 is 6.03. The van der Waals surface area contributed by atoms with E-state index < -0.39 is 0 Å². The number of nitrogens with one attached hydrogen (secondary N) is 1. The quantitative estimate of drug-likeness (QED) is 0.533. The SMILES string of the molecule is O=C(c1ccc2c(c1)C(=O)N(C1CCCCC1)C2=O)N1CCc2[nH]nc(-c3ccc(Cl)cc3)c2C1. The average molecular weight is 489 g/mol. The van der Waals surface area contributed by atoms with Crippen LogP contribution in [0.5, 0.6) is 0 Å². The topological polar surface area (TPSA) is 86.4 Å². The van der Waals surface area contributed by atoms with Crippen molar-refractivity contribution in [1.29, 1.82) is 0 Å². The van der Waals surface area contributed by atoms with E-state index >= 15 is 0 Å². The summed E-state index contributed by atoms with van der Waals surface area (Å²) in [6.07, 6.45) is 5.59. The highest BCUT2D eigenvalue weighted by molar-refractivity contribution is 6.30. The van der Waals surface area contributed by atoms with Gasteiger partial charge in [-0.1, -0.05) is 43.0 Å². The summed E-state index contributed by atoms with van der Waals surface area (Å²) in [6.45, 7) is 0.965. The van der Waals surface area contributed by atoms with Gasteiger partial charge in [0.1, 0.15) is 0 Å². The van der Waals surface area contributed by atoms with Crippen LogP contribution in [0.2, 0.25) is 5.02 Å². The van der Waals surface area contributed by atoms with Crippen molar-refractivity contribution in [2.24, 2.45) is 0 Å².